The van der Waals surface area contributed by atoms with Crippen molar-refractivity contribution in [3.63, 3.8) is 0 Å². The van der Waals surface area contributed by atoms with Crippen LogP contribution in [0.4, 0.5) is 5.82 Å². The summed E-state index contributed by atoms with van der Waals surface area (Å²) in [6.07, 6.45) is 0.767. The Kier molecular flexibility index (Phi) is 4.50. The van der Waals surface area contributed by atoms with Gasteiger partial charge >= 0.3 is 0 Å². The van der Waals surface area contributed by atoms with Gasteiger partial charge in [-0.25, -0.2) is 9.97 Å². The van der Waals surface area contributed by atoms with E-state index >= 15 is 0 Å². The monoisotopic (exact) mass is 407 g/mol. The summed E-state index contributed by atoms with van der Waals surface area (Å²) in [5, 5.41) is 5.25. The molecule has 3 rings (SSSR count). The van der Waals surface area contributed by atoms with Crippen molar-refractivity contribution in [2.45, 2.75) is 6.42 Å². The molecular weight excluding hydrogens is 393 g/mol. The van der Waals surface area contributed by atoms with Crippen LogP contribution in [-0.2, 0) is 6.42 Å². The van der Waals surface area contributed by atoms with Crippen LogP contribution in [0.1, 0.15) is 10.7 Å². The van der Waals surface area contributed by atoms with E-state index in [1.54, 1.807) is 11.3 Å². The quantitative estimate of drug-likeness (QED) is 0.650. The van der Waals surface area contributed by atoms with Crippen LogP contribution in [0, 0.1) is 3.57 Å². The lowest BCUT2D eigenvalue weighted by Crippen LogP contribution is -2.05. The standard InChI is InChI=1S/C16H14IN3S/c1-18-16-14(17)15(11-6-3-2-4-7-11)19-13(20-16)10-12-8-5-9-21-12/h2-9H,10H2,1H3,(H,18,19,20). The van der Waals surface area contributed by atoms with E-state index in [2.05, 4.69) is 62.5 Å². The molecular formula is C16H14IN3S. The van der Waals surface area contributed by atoms with Crippen LogP contribution in [-0.4, -0.2) is 17.0 Å². The minimum absolute atomic E-state index is 0.767. The van der Waals surface area contributed by atoms with E-state index in [1.165, 1.54) is 4.88 Å². The third-order valence-corrected chi connectivity index (χ3v) is 4.99. The molecule has 2 heterocycles. The van der Waals surface area contributed by atoms with E-state index in [1.807, 2.05) is 25.2 Å². The van der Waals surface area contributed by atoms with Gasteiger partial charge in [-0.3, -0.25) is 0 Å². The van der Waals surface area contributed by atoms with E-state index in [-0.39, 0.29) is 0 Å². The van der Waals surface area contributed by atoms with Crippen molar-refractivity contribution < 1.29 is 0 Å². The molecule has 0 atom stereocenters. The normalized spacial score (nSPS) is 10.6. The van der Waals surface area contributed by atoms with Crippen LogP contribution in [0.25, 0.3) is 11.3 Å². The topological polar surface area (TPSA) is 37.8 Å². The van der Waals surface area contributed by atoms with Gasteiger partial charge in [0.15, 0.2) is 0 Å². The number of benzene rings is 1. The minimum atomic E-state index is 0.767. The average molecular weight is 407 g/mol. The molecule has 0 unspecified atom stereocenters. The van der Waals surface area contributed by atoms with Crippen LogP contribution in [0.5, 0.6) is 0 Å². The molecule has 0 amide bonds. The highest BCUT2D eigenvalue weighted by Crippen LogP contribution is 2.28. The lowest BCUT2D eigenvalue weighted by atomic mass is 10.1. The number of nitrogens with zero attached hydrogens (tertiary/aromatic N) is 2. The molecule has 0 aliphatic heterocycles. The van der Waals surface area contributed by atoms with Gasteiger partial charge in [-0.15, -0.1) is 11.3 Å². The Labute approximate surface area is 141 Å². The molecule has 0 aliphatic carbocycles. The first-order chi connectivity index (χ1) is 10.3. The molecule has 1 N–H and O–H groups in total. The molecule has 0 spiro atoms. The Morgan fingerprint density at radius 2 is 1.90 bits per heavy atom. The van der Waals surface area contributed by atoms with E-state index < -0.39 is 0 Å². The molecule has 21 heavy (non-hydrogen) atoms. The molecule has 5 heteroatoms. The fourth-order valence-corrected chi connectivity index (χ4v) is 3.62. The zero-order valence-electron chi connectivity index (χ0n) is 11.5. The second-order valence-electron chi connectivity index (χ2n) is 4.52. The molecule has 0 saturated carbocycles. The van der Waals surface area contributed by atoms with Crippen molar-refractivity contribution in [2.24, 2.45) is 0 Å². The third-order valence-electron chi connectivity index (χ3n) is 3.09. The highest BCUT2D eigenvalue weighted by molar-refractivity contribution is 14.1. The van der Waals surface area contributed by atoms with Crippen molar-refractivity contribution >= 4 is 39.7 Å². The number of anilines is 1. The predicted octanol–water partition coefficient (Wildman–Crippen LogP) is 4.44. The first-order valence-electron chi connectivity index (χ1n) is 6.60. The molecule has 3 aromatic rings. The molecule has 0 bridgehead atoms. The van der Waals surface area contributed by atoms with E-state index in [4.69, 9.17) is 4.98 Å². The number of hydrogen-bond acceptors (Lipinski definition) is 4. The summed E-state index contributed by atoms with van der Waals surface area (Å²) in [4.78, 5) is 10.7. The van der Waals surface area contributed by atoms with Crippen molar-refractivity contribution in [3.05, 3.63) is 62.1 Å². The first-order valence-corrected chi connectivity index (χ1v) is 8.55. The third kappa shape index (κ3) is 3.24. The summed E-state index contributed by atoms with van der Waals surface area (Å²) in [5.41, 5.74) is 2.11. The van der Waals surface area contributed by atoms with Gasteiger partial charge < -0.3 is 5.32 Å². The molecule has 3 nitrogen and oxygen atoms in total. The smallest absolute Gasteiger partial charge is 0.143 e. The van der Waals surface area contributed by atoms with Crippen LogP contribution >= 0.6 is 33.9 Å². The number of hydrogen-bond donors (Lipinski definition) is 1. The van der Waals surface area contributed by atoms with E-state index in [9.17, 15) is 0 Å². The van der Waals surface area contributed by atoms with Crippen molar-refractivity contribution in [1.82, 2.24) is 9.97 Å². The zero-order valence-corrected chi connectivity index (χ0v) is 14.5. The predicted molar refractivity (Wildman–Crippen MR) is 96.9 cm³/mol. The number of halogens is 1. The summed E-state index contributed by atoms with van der Waals surface area (Å²) < 4.78 is 1.05. The highest BCUT2D eigenvalue weighted by Gasteiger charge is 2.13. The molecule has 0 radical (unpaired) electrons. The van der Waals surface area contributed by atoms with Gasteiger partial charge in [0.1, 0.15) is 11.6 Å². The second-order valence-corrected chi connectivity index (χ2v) is 6.63. The van der Waals surface area contributed by atoms with Gasteiger partial charge in [0, 0.05) is 23.9 Å². The van der Waals surface area contributed by atoms with Crippen molar-refractivity contribution in [2.75, 3.05) is 12.4 Å². The number of nitrogens with one attached hydrogen (secondary N) is 1. The summed E-state index contributed by atoms with van der Waals surface area (Å²) in [6, 6.07) is 14.4. The largest absolute Gasteiger partial charge is 0.372 e. The molecule has 0 fully saturated rings. The van der Waals surface area contributed by atoms with Gasteiger partial charge in [0.25, 0.3) is 0 Å². The summed E-state index contributed by atoms with van der Waals surface area (Å²) >= 11 is 4.04. The zero-order chi connectivity index (χ0) is 14.7. The molecule has 2 aromatic heterocycles. The van der Waals surface area contributed by atoms with Gasteiger partial charge in [0.05, 0.1) is 9.26 Å². The maximum atomic E-state index is 4.77. The second kappa shape index (κ2) is 6.53. The van der Waals surface area contributed by atoms with E-state index in [0.717, 1.165) is 32.9 Å². The summed E-state index contributed by atoms with van der Waals surface area (Å²) in [5.74, 6) is 1.73. The average Bonchev–Trinajstić information content (AvgIpc) is 3.02. The SMILES string of the molecule is CNc1nc(Cc2cccs2)nc(-c2ccccc2)c1I. The Bertz CT molecular complexity index is 727. The number of thiophene rings is 1. The van der Waals surface area contributed by atoms with Crippen molar-refractivity contribution in [1.29, 1.82) is 0 Å². The van der Waals surface area contributed by atoms with Gasteiger partial charge in [-0.05, 0) is 34.0 Å². The van der Waals surface area contributed by atoms with Crippen LogP contribution in [0.3, 0.4) is 0 Å². The molecule has 106 valence electrons. The maximum Gasteiger partial charge on any atom is 0.143 e. The lowest BCUT2D eigenvalue weighted by molar-refractivity contribution is 0.979. The van der Waals surface area contributed by atoms with Crippen LogP contribution in [0.2, 0.25) is 0 Å². The van der Waals surface area contributed by atoms with Crippen molar-refractivity contribution in [3.8, 4) is 11.3 Å². The first kappa shape index (κ1) is 14.5. The Hall–Kier alpha value is -1.47. The molecule has 0 aliphatic rings. The fourth-order valence-electron chi connectivity index (χ4n) is 2.09. The number of aromatic nitrogens is 2. The van der Waals surface area contributed by atoms with E-state index in [0.29, 0.717) is 0 Å². The maximum absolute atomic E-state index is 4.77. The number of rotatable bonds is 4. The van der Waals surface area contributed by atoms with Gasteiger partial charge in [-0.1, -0.05) is 36.4 Å². The summed E-state index contributed by atoms with van der Waals surface area (Å²) in [6.45, 7) is 0. The highest BCUT2D eigenvalue weighted by atomic mass is 127. The Balaban J connectivity index is 2.06. The summed E-state index contributed by atoms with van der Waals surface area (Å²) in [7, 11) is 1.90. The lowest BCUT2D eigenvalue weighted by Gasteiger charge is -2.11. The van der Waals surface area contributed by atoms with Gasteiger partial charge in [0.2, 0.25) is 0 Å². The Morgan fingerprint density at radius 1 is 1.10 bits per heavy atom. The minimum Gasteiger partial charge on any atom is -0.372 e. The van der Waals surface area contributed by atoms with Gasteiger partial charge in [-0.2, -0.15) is 0 Å². The molecule has 1 aromatic carbocycles. The van der Waals surface area contributed by atoms with Crippen LogP contribution < -0.4 is 5.32 Å². The Morgan fingerprint density at radius 3 is 2.57 bits per heavy atom. The molecule has 0 saturated heterocycles. The van der Waals surface area contributed by atoms with Crippen LogP contribution in [0.15, 0.2) is 47.8 Å². The fraction of sp³-hybridized carbons (Fsp3) is 0.125.